The summed E-state index contributed by atoms with van der Waals surface area (Å²) in [6.07, 6.45) is 20.9. The molecule has 0 aliphatic heterocycles. The molecule has 0 spiro atoms. The minimum absolute atomic E-state index is 0.0691. The summed E-state index contributed by atoms with van der Waals surface area (Å²) in [6, 6.07) is 0.0691. The van der Waals surface area contributed by atoms with E-state index in [2.05, 4.69) is 13.5 Å². The number of rotatable bonds is 15. The average Bonchev–Trinajstić information content (AvgIpc) is 2.56. The van der Waals surface area contributed by atoms with Crippen molar-refractivity contribution in [2.24, 2.45) is 0 Å². The Morgan fingerprint density at radius 3 is 2.25 bits per heavy atom. The van der Waals surface area contributed by atoms with Gasteiger partial charge >= 0.3 is 6.09 Å². The zero-order valence-electron chi connectivity index (χ0n) is 15.8. The molecule has 1 unspecified atom stereocenters. The highest BCUT2D eigenvalue weighted by Gasteiger charge is 2.20. The number of unbranched alkanes of at least 4 members (excludes halogenated alkanes) is 7. The van der Waals surface area contributed by atoms with Gasteiger partial charge in [-0.05, 0) is 38.7 Å². The Bertz CT molecular complexity index is 374. The molecule has 1 N–H and O–H groups in total. The Morgan fingerprint density at radius 2 is 1.67 bits per heavy atom. The first-order chi connectivity index (χ1) is 11.7. The van der Waals surface area contributed by atoms with E-state index >= 15 is 0 Å². The molecule has 0 saturated heterocycles. The molecule has 0 rings (SSSR count). The fourth-order valence-corrected chi connectivity index (χ4v) is 2.85. The van der Waals surface area contributed by atoms with Gasteiger partial charge in [0.1, 0.15) is 0 Å². The Kier molecular flexibility index (Phi) is 15.3. The molecule has 0 heterocycles. The summed E-state index contributed by atoms with van der Waals surface area (Å²) in [5, 5.41) is 9.53. The second-order valence-corrected chi connectivity index (χ2v) is 6.34. The van der Waals surface area contributed by atoms with Gasteiger partial charge in [0.2, 0.25) is 0 Å². The van der Waals surface area contributed by atoms with E-state index in [1.165, 1.54) is 43.4 Å². The quantitative estimate of drug-likeness (QED) is 0.200. The topological polar surface area (TPSA) is 40.5 Å². The molecule has 3 nitrogen and oxygen atoms in total. The van der Waals surface area contributed by atoms with Crippen LogP contribution >= 0.6 is 0 Å². The predicted octanol–water partition coefficient (Wildman–Crippen LogP) is 6.92. The van der Waals surface area contributed by atoms with Crippen molar-refractivity contribution in [3.63, 3.8) is 0 Å². The maximum atomic E-state index is 11.6. The van der Waals surface area contributed by atoms with Crippen molar-refractivity contribution in [3.05, 3.63) is 37.1 Å². The van der Waals surface area contributed by atoms with Crippen molar-refractivity contribution in [1.82, 2.24) is 4.90 Å². The van der Waals surface area contributed by atoms with E-state index in [4.69, 9.17) is 0 Å². The second kappa shape index (κ2) is 16.4. The van der Waals surface area contributed by atoms with Crippen LogP contribution in [0.15, 0.2) is 37.1 Å². The summed E-state index contributed by atoms with van der Waals surface area (Å²) < 4.78 is 0. The Morgan fingerprint density at radius 1 is 1.04 bits per heavy atom. The molecular formula is C21H37NO2. The number of carboxylic acid groups (broad SMARTS) is 1. The van der Waals surface area contributed by atoms with Gasteiger partial charge < -0.3 is 5.11 Å². The third kappa shape index (κ3) is 12.0. The molecule has 0 aliphatic rings. The predicted molar refractivity (Wildman–Crippen MR) is 104 cm³/mol. The van der Waals surface area contributed by atoms with Gasteiger partial charge in [-0.25, -0.2) is 4.79 Å². The minimum atomic E-state index is -0.859. The lowest BCUT2D eigenvalue weighted by molar-refractivity contribution is 0.141. The van der Waals surface area contributed by atoms with Gasteiger partial charge in [0, 0.05) is 12.2 Å². The van der Waals surface area contributed by atoms with Gasteiger partial charge in [0.25, 0.3) is 0 Å². The van der Waals surface area contributed by atoms with Gasteiger partial charge in [0.15, 0.2) is 0 Å². The van der Waals surface area contributed by atoms with E-state index in [0.717, 1.165) is 32.1 Å². The Labute approximate surface area is 149 Å². The van der Waals surface area contributed by atoms with E-state index in [1.807, 2.05) is 25.2 Å². The van der Waals surface area contributed by atoms with Crippen molar-refractivity contribution >= 4 is 6.09 Å². The van der Waals surface area contributed by atoms with Crippen LogP contribution in [0, 0.1) is 0 Å². The number of allylic oxidation sites excluding steroid dienone is 4. The summed E-state index contributed by atoms with van der Waals surface area (Å²) in [7, 11) is 0. The fraction of sp³-hybridized carbons (Fsp3) is 0.667. The van der Waals surface area contributed by atoms with E-state index < -0.39 is 6.09 Å². The summed E-state index contributed by atoms with van der Waals surface area (Å²) >= 11 is 0. The van der Waals surface area contributed by atoms with Crippen LogP contribution in [0.1, 0.15) is 84.5 Å². The lowest BCUT2D eigenvalue weighted by atomic mass is 10.00. The van der Waals surface area contributed by atoms with Gasteiger partial charge in [-0.1, -0.05) is 70.1 Å². The normalized spacial score (nSPS) is 12.8. The standard InChI is InChI=1S/C21H37NO2/c1-4-7-10-11-12-13-15-18-20(17-14-8-5-2)22(21(23)24)19-16-9-6-3/h5-6,9,16,19-20H,2,4,7-8,10-15,17-18H2,1,3H3,(H,23,24). The lowest BCUT2D eigenvalue weighted by Gasteiger charge is -2.26. The third-order valence-electron chi connectivity index (χ3n) is 4.25. The molecule has 3 heteroatoms. The van der Waals surface area contributed by atoms with Gasteiger partial charge in [-0.15, -0.1) is 6.58 Å². The monoisotopic (exact) mass is 335 g/mol. The van der Waals surface area contributed by atoms with Crippen LogP contribution in [0.5, 0.6) is 0 Å². The first kappa shape index (κ1) is 22.5. The summed E-state index contributed by atoms with van der Waals surface area (Å²) in [5.41, 5.74) is 0. The first-order valence-electron chi connectivity index (χ1n) is 9.59. The molecule has 1 amide bonds. The largest absolute Gasteiger partial charge is 0.465 e. The molecule has 0 aromatic rings. The van der Waals surface area contributed by atoms with Crippen molar-refractivity contribution in [2.45, 2.75) is 90.5 Å². The summed E-state index contributed by atoms with van der Waals surface area (Å²) in [4.78, 5) is 13.1. The first-order valence-corrected chi connectivity index (χ1v) is 9.59. The average molecular weight is 336 g/mol. The number of nitrogens with zero attached hydrogens (tertiary/aromatic N) is 1. The smallest absolute Gasteiger partial charge is 0.411 e. The van der Waals surface area contributed by atoms with Crippen molar-refractivity contribution in [1.29, 1.82) is 0 Å². The maximum absolute atomic E-state index is 11.6. The zero-order valence-corrected chi connectivity index (χ0v) is 15.8. The molecule has 0 aliphatic carbocycles. The van der Waals surface area contributed by atoms with Crippen LogP contribution < -0.4 is 0 Å². The summed E-state index contributed by atoms with van der Waals surface area (Å²) in [6.45, 7) is 7.91. The van der Waals surface area contributed by atoms with Gasteiger partial charge in [0.05, 0.1) is 0 Å². The minimum Gasteiger partial charge on any atom is -0.465 e. The van der Waals surface area contributed by atoms with Crippen LogP contribution in [-0.2, 0) is 0 Å². The van der Waals surface area contributed by atoms with Gasteiger partial charge in [-0.3, -0.25) is 4.90 Å². The fourth-order valence-electron chi connectivity index (χ4n) is 2.85. The van der Waals surface area contributed by atoms with Crippen molar-refractivity contribution in [3.8, 4) is 0 Å². The molecular weight excluding hydrogens is 298 g/mol. The van der Waals surface area contributed by atoms with E-state index in [0.29, 0.717) is 0 Å². The highest BCUT2D eigenvalue weighted by Crippen LogP contribution is 2.18. The molecule has 138 valence electrons. The molecule has 0 radical (unpaired) electrons. The second-order valence-electron chi connectivity index (χ2n) is 6.34. The van der Waals surface area contributed by atoms with E-state index in [1.54, 1.807) is 12.3 Å². The maximum Gasteiger partial charge on any atom is 0.411 e. The number of hydrogen-bond donors (Lipinski definition) is 1. The molecule has 24 heavy (non-hydrogen) atoms. The van der Waals surface area contributed by atoms with E-state index in [-0.39, 0.29) is 6.04 Å². The number of hydrogen-bond acceptors (Lipinski definition) is 1. The number of amides is 1. The van der Waals surface area contributed by atoms with Crippen LogP contribution in [0.2, 0.25) is 0 Å². The van der Waals surface area contributed by atoms with Crippen LogP contribution in [0.25, 0.3) is 0 Å². The SMILES string of the molecule is C=CCCCC(CCCCCCCCC)N(C=CC=CC)C(=O)O. The molecule has 0 aromatic heterocycles. The van der Waals surface area contributed by atoms with E-state index in [9.17, 15) is 9.90 Å². The van der Waals surface area contributed by atoms with Crippen molar-refractivity contribution in [2.75, 3.05) is 0 Å². The highest BCUT2D eigenvalue weighted by atomic mass is 16.4. The molecule has 0 fully saturated rings. The third-order valence-corrected chi connectivity index (χ3v) is 4.25. The molecule has 1 atom stereocenters. The molecule has 0 aromatic carbocycles. The van der Waals surface area contributed by atoms with Crippen LogP contribution in [0.4, 0.5) is 4.79 Å². The van der Waals surface area contributed by atoms with Gasteiger partial charge in [-0.2, -0.15) is 0 Å². The lowest BCUT2D eigenvalue weighted by Crippen LogP contribution is -2.35. The highest BCUT2D eigenvalue weighted by molar-refractivity contribution is 5.66. The van der Waals surface area contributed by atoms with Crippen molar-refractivity contribution < 1.29 is 9.90 Å². The molecule has 0 saturated carbocycles. The Hall–Kier alpha value is -1.51. The number of carbonyl (C=O) groups is 1. The van der Waals surface area contributed by atoms with Crippen LogP contribution in [-0.4, -0.2) is 22.1 Å². The molecule has 0 bridgehead atoms. The Balaban J connectivity index is 4.46. The zero-order chi connectivity index (χ0) is 18.0. The summed E-state index contributed by atoms with van der Waals surface area (Å²) in [5.74, 6) is 0. The van der Waals surface area contributed by atoms with Crippen LogP contribution in [0.3, 0.4) is 0 Å².